The first kappa shape index (κ1) is 20.3. The molecule has 0 heterocycles. The molecule has 0 unspecified atom stereocenters. The summed E-state index contributed by atoms with van der Waals surface area (Å²) in [6.45, 7) is 3.39. The maximum atomic E-state index is 13.1. The van der Waals surface area contributed by atoms with Crippen molar-refractivity contribution in [3.05, 3.63) is 65.2 Å². The van der Waals surface area contributed by atoms with Gasteiger partial charge < -0.3 is 10.1 Å². The number of sulfone groups is 1. The average Bonchev–Trinajstić information content (AvgIpc) is 2.57. The molecule has 0 amide bonds. The minimum Gasteiger partial charge on any atom is -0.492 e. The quantitative estimate of drug-likeness (QED) is 0.675. The molecule has 0 aliphatic heterocycles. The van der Waals surface area contributed by atoms with Crippen LogP contribution in [-0.2, 0) is 16.4 Å². The van der Waals surface area contributed by atoms with Gasteiger partial charge in [0.15, 0.2) is 11.6 Å². The maximum Gasteiger partial charge on any atom is 0.162 e. The number of hydrogen-bond acceptors (Lipinski definition) is 4. The molecule has 2 aromatic rings. The predicted molar refractivity (Wildman–Crippen MR) is 98.1 cm³/mol. The third kappa shape index (κ3) is 6.72. The Labute approximate surface area is 153 Å². The predicted octanol–water partition coefficient (Wildman–Crippen LogP) is 3.28. The van der Waals surface area contributed by atoms with Crippen LogP contribution < -0.4 is 10.1 Å². The summed E-state index contributed by atoms with van der Waals surface area (Å²) in [6, 6.07) is 11.2. The van der Waals surface area contributed by atoms with E-state index in [1.54, 1.807) is 0 Å². The van der Waals surface area contributed by atoms with Crippen LogP contribution in [0.3, 0.4) is 0 Å². The summed E-state index contributed by atoms with van der Waals surface area (Å²) >= 11 is 0. The van der Waals surface area contributed by atoms with Crippen LogP contribution in [0.2, 0.25) is 0 Å². The van der Waals surface area contributed by atoms with Crippen molar-refractivity contribution in [2.24, 2.45) is 0 Å². The average molecular weight is 383 g/mol. The van der Waals surface area contributed by atoms with Crippen LogP contribution in [0.25, 0.3) is 0 Å². The van der Waals surface area contributed by atoms with Gasteiger partial charge in [0.05, 0.1) is 5.75 Å². The van der Waals surface area contributed by atoms with Gasteiger partial charge in [-0.25, -0.2) is 17.2 Å². The Morgan fingerprint density at radius 2 is 1.77 bits per heavy atom. The van der Waals surface area contributed by atoms with E-state index in [2.05, 4.69) is 5.32 Å². The molecule has 142 valence electrons. The van der Waals surface area contributed by atoms with Crippen LogP contribution in [0.15, 0.2) is 42.5 Å². The van der Waals surface area contributed by atoms with Gasteiger partial charge in [0.1, 0.15) is 22.2 Å². The molecule has 0 saturated heterocycles. The summed E-state index contributed by atoms with van der Waals surface area (Å²) < 4.78 is 53.9. The highest BCUT2D eigenvalue weighted by atomic mass is 32.2. The molecule has 26 heavy (non-hydrogen) atoms. The van der Waals surface area contributed by atoms with Crippen LogP contribution >= 0.6 is 0 Å². The summed E-state index contributed by atoms with van der Waals surface area (Å²) in [4.78, 5) is 0. The fraction of sp³-hybridized carbons (Fsp3) is 0.368. The molecule has 1 atom stereocenters. The lowest BCUT2D eigenvalue weighted by Gasteiger charge is -2.12. The molecular weight excluding hydrogens is 360 g/mol. The number of halogens is 2. The molecule has 0 spiro atoms. The monoisotopic (exact) mass is 383 g/mol. The summed E-state index contributed by atoms with van der Waals surface area (Å²) in [5.74, 6) is -1.46. The number of rotatable bonds is 9. The van der Waals surface area contributed by atoms with E-state index < -0.39 is 21.5 Å². The number of nitrogens with one attached hydrogen (secondary N) is 1. The molecule has 4 nitrogen and oxygen atoms in total. The van der Waals surface area contributed by atoms with E-state index in [1.165, 1.54) is 12.3 Å². The van der Waals surface area contributed by atoms with E-state index >= 15 is 0 Å². The molecule has 0 radical (unpaired) electrons. The zero-order valence-corrected chi connectivity index (χ0v) is 15.7. The molecule has 2 aromatic carbocycles. The van der Waals surface area contributed by atoms with E-state index in [4.69, 9.17) is 4.74 Å². The minimum atomic E-state index is -3.00. The van der Waals surface area contributed by atoms with Crippen LogP contribution in [0, 0.1) is 11.6 Å². The lowest BCUT2D eigenvalue weighted by Crippen LogP contribution is -2.20. The number of benzene rings is 2. The van der Waals surface area contributed by atoms with Gasteiger partial charge in [0, 0.05) is 25.4 Å². The molecule has 2 rings (SSSR count). The van der Waals surface area contributed by atoms with Gasteiger partial charge in [-0.2, -0.15) is 0 Å². The maximum absolute atomic E-state index is 13.1. The van der Waals surface area contributed by atoms with Gasteiger partial charge in [-0.15, -0.1) is 0 Å². The van der Waals surface area contributed by atoms with Crippen molar-refractivity contribution in [1.29, 1.82) is 0 Å². The van der Waals surface area contributed by atoms with Crippen LogP contribution in [0.5, 0.6) is 5.75 Å². The van der Waals surface area contributed by atoms with Gasteiger partial charge in [-0.1, -0.05) is 31.2 Å². The lowest BCUT2D eigenvalue weighted by molar-refractivity contribution is 0.311. The largest absolute Gasteiger partial charge is 0.492 e. The normalized spacial score (nSPS) is 12.8. The molecular formula is C19H23F2NO3S. The Kier molecular flexibility index (Phi) is 7.11. The van der Waals surface area contributed by atoms with E-state index in [0.29, 0.717) is 19.7 Å². The van der Waals surface area contributed by atoms with Crippen molar-refractivity contribution in [2.45, 2.75) is 19.4 Å². The summed E-state index contributed by atoms with van der Waals surface area (Å²) in [7, 11) is -3.00. The second kappa shape index (κ2) is 9.09. The Morgan fingerprint density at radius 3 is 2.38 bits per heavy atom. The van der Waals surface area contributed by atoms with Crippen molar-refractivity contribution in [2.75, 3.05) is 25.2 Å². The Hall–Kier alpha value is -1.99. The molecule has 0 saturated carbocycles. The van der Waals surface area contributed by atoms with Crippen molar-refractivity contribution < 1.29 is 21.9 Å². The van der Waals surface area contributed by atoms with Gasteiger partial charge in [0.25, 0.3) is 0 Å². The molecule has 0 fully saturated rings. The van der Waals surface area contributed by atoms with E-state index in [1.807, 2.05) is 31.2 Å². The lowest BCUT2D eigenvalue weighted by atomic mass is 10.0. The summed E-state index contributed by atoms with van der Waals surface area (Å²) in [5, 5.41) is 3.20. The molecule has 0 aliphatic carbocycles. The minimum absolute atomic E-state index is 0.0449. The van der Waals surface area contributed by atoms with E-state index in [-0.39, 0.29) is 17.4 Å². The SMILES string of the molecule is C[C@@H](CS(C)(=O)=O)c1ccc(CNCCOc2ccc(F)c(F)c2)cc1. The topological polar surface area (TPSA) is 55.4 Å². The molecule has 1 N–H and O–H groups in total. The van der Waals surface area contributed by atoms with Crippen molar-refractivity contribution in [3.8, 4) is 5.75 Å². The zero-order chi connectivity index (χ0) is 19.2. The Bertz CT molecular complexity index is 823. The number of ether oxygens (including phenoxy) is 1. The highest BCUT2D eigenvalue weighted by Crippen LogP contribution is 2.18. The third-order valence-electron chi connectivity index (χ3n) is 3.87. The summed E-state index contributed by atoms with van der Waals surface area (Å²) in [6.07, 6.45) is 1.24. The first-order chi connectivity index (χ1) is 12.2. The number of hydrogen-bond donors (Lipinski definition) is 1. The van der Waals surface area contributed by atoms with E-state index in [9.17, 15) is 17.2 Å². The fourth-order valence-corrected chi connectivity index (χ4v) is 3.66. The second-order valence-corrected chi connectivity index (χ2v) is 8.52. The first-order valence-corrected chi connectivity index (χ1v) is 10.4. The van der Waals surface area contributed by atoms with Crippen molar-refractivity contribution in [1.82, 2.24) is 5.32 Å². The molecule has 0 bridgehead atoms. The molecule has 7 heteroatoms. The fourth-order valence-electron chi connectivity index (χ4n) is 2.55. The standard InChI is InChI=1S/C19H23F2NO3S/c1-14(13-26(2,23)24)16-5-3-15(4-6-16)12-22-9-10-25-17-7-8-18(20)19(21)11-17/h3-8,11,14,22H,9-10,12-13H2,1-2H3/t14-/m0/s1. The van der Waals surface area contributed by atoms with Crippen LogP contribution in [0.1, 0.15) is 24.0 Å². The highest BCUT2D eigenvalue weighted by molar-refractivity contribution is 7.90. The van der Waals surface area contributed by atoms with Gasteiger partial charge in [-0.3, -0.25) is 0 Å². The van der Waals surface area contributed by atoms with E-state index in [0.717, 1.165) is 23.3 Å². The summed E-state index contributed by atoms with van der Waals surface area (Å²) in [5.41, 5.74) is 2.05. The van der Waals surface area contributed by atoms with Crippen molar-refractivity contribution >= 4 is 9.84 Å². The van der Waals surface area contributed by atoms with Crippen LogP contribution in [-0.4, -0.2) is 33.6 Å². The Balaban J connectivity index is 1.73. The Morgan fingerprint density at radius 1 is 1.08 bits per heavy atom. The van der Waals surface area contributed by atoms with Gasteiger partial charge >= 0.3 is 0 Å². The van der Waals surface area contributed by atoms with Gasteiger partial charge in [0.2, 0.25) is 0 Å². The second-order valence-electron chi connectivity index (χ2n) is 6.34. The molecule has 0 aliphatic rings. The first-order valence-electron chi connectivity index (χ1n) is 8.30. The van der Waals surface area contributed by atoms with Gasteiger partial charge in [-0.05, 0) is 29.2 Å². The zero-order valence-electron chi connectivity index (χ0n) is 14.8. The van der Waals surface area contributed by atoms with Crippen LogP contribution in [0.4, 0.5) is 8.78 Å². The van der Waals surface area contributed by atoms with Crippen molar-refractivity contribution in [3.63, 3.8) is 0 Å². The highest BCUT2D eigenvalue weighted by Gasteiger charge is 2.12. The molecule has 0 aromatic heterocycles. The third-order valence-corrected chi connectivity index (χ3v) is 4.97. The smallest absolute Gasteiger partial charge is 0.162 e.